The van der Waals surface area contributed by atoms with Crippen molar-refractivity contribution in [2.75, 3.05) is 18.1 Å². The molecule has 4 heterocycles. The number of thiophene rings is 1. The maximum atomic E-state index is 13.1. The Hall–Kier alpha value is -3.52. The predicted molar refractivity (Wildman–Crippen MR) is 122 cm³/mol. The average molecular weight is 448 g/mol. The lowest BCUT2D eigenvalue weighted by atomic mass is 10.1. The summed E-state index contributed by atoms with van der Waals surface area (Å²) in [5, 5.41) is 4.47. The molecular weight excluding hydrogens is 426 g/mol. The molecule has 0 radical (unpaired) electrons. The van der Waals surface area contributed by atoms with Crippen LogP contribution >= 0.6 is 11.3 Å². The van der Waals surface area contributed by atoms with Crippen molar-refractivity contribution < 1.29 is 18.8 Å². The predicted octanol–water partition coefficient (Wildman–Crippen LogP) is 4.62. The number of carbonyl (C=O) groups excluding carboxylic acids is 2. The van der Waals surface area contributed by atoms with Crippen molar-refractivity contribution in [3.05, 3.63) is 63.0 Å². The summed E-state index contributed by atoms with van der Waals surface area (Å²) in [6.45, 7) is 6.02. The number of carbonyl (C=O) groups is 2. The second-order valence-electron chi connectivity index (χ2n) is 7.83. The standard InChI is InChI=1S/C24H21N3O4S/c1-13-10-17(15(3)32-13)19-11-18(22-14(2)26-31-23(22)25-19)24(29)30-12-21(28)27-9-8-16-6-4-5-7-20(16)27/h4-7,10-11H,8-9,12H2,1-3H3. The highest BCUT2D eigenvalue weighted by Crippen LogP contribution is 2.33. The first-order valence-electron chi connectivity index (χ1n) is 10.3. The van der Waals surface area contributed by atoms with E-state index in [2.05, 4.69) is 10.1 Å². The maximum Gasteiger partial charge on any atom is 0.339 e. The molecular formula is C24H21N3O4S. The van der Waals surface area contributed by atoms with E-state index in [-0.39, 0.29) is 18.2 Å². The van der Waals surface area contributed by atoms with Crippen LogP contribution in [-0.2, 0) is 16.0 Å². The van der Waals surface area contributed by atoms with Crippen LogP contribution in [0.2, 0.25) is 0 Å². The third-order valence-electron chi connectivity index (χ3n) is 5.67. The van der Waals surface area contributed by atoms with Gasteiger partial charge in [-0.25, -0.2) is 9.78 Å². The number of amides is 1. The van der Waals surface area contributed by atoms with Gasteiger partial charge in [0.2, 0.25) is 0 Å². The van der Waals surface area contributed by atoms with Gasteiger partial charge in [0.1, 0.15) is 0 Å². The number of nitrogens with zero attached hydrogens (tertiary/aromatic N) is 3. The van der Waals surface area contributed by atoms with E-state index in [1.807, 2.05) is 44.2 Å². The Bertz CT molecular complexity index is 1370. The molecule has 1 amide bonds. The minimum absolute atomic E-state index is 0.250. The molecule has 0 fully saturated rings. The fourth-order valence-corrected chi connectivity index (χ4v) is 5.09. The number of hydrogen-bond acceptors (Lipinski definition) is 7. The zero-order chi connectivity index (χ0) is 22.4. The molecule has 0 atom stereocenters. The number of fused-ring (bicyclic) bond motifs is 2. The molecule has 0 saturated heterocycles. The summed E-state index contributed by atoms with van der Waals surface area (Å²) < 4.78 is 10.8. The maximum absolute atomic E-state index is 13.1. The molecule has 0 saturated carbocycles. The topological polar surface area (TPSA) is 85.5 Å². The molecule has 0 N–H and O–H groups in total. The van der Waals surface area contributed by atoms with E-state index in [4.69, 9.17) is 9.26 Å². The van der Waals surface area contributed by atoms with Crippen molar-refractivity contribution in [3.63, 3.8) is 0 Å². The van der Waals surface area contributed by atoms with Gasteiger partial charge in [-0.3, -0.25) is 4.79 Å². The second-order valence-corrected chi connectivity index (χ2v) is 9.29. The summed E-state index contributed by atoms with van der Waals surface area (Å²) in [7, 11) is 0. The first-order valence-corrected chi connectivity index (χ1v) is 11.1. The second kappa shape index (κ2) is 7.87. The molecule has 1 aliphatic heterocycles. The Morgan fingerprint density at radius 2 is 2.00 bits per heavy atom. The van der Waals surface area contributed by atoms with Crippen LogP contribution in [0.1, 0.15) is 31.4 Å². The van der Waals surface area contributed by atoms with Crippen LogP contribution in [0.5, 0.6) is 0 Å². The highest BCUT2D eigenvalue weighted by Gasteiger charge is 2.26. The summed E-state index contributed by atoms with van der Waals surface area (Å²) in [6.07, 6.45) is 0.795. The van der Waals surface area contributed by atoms with Crippen molar-refractivity contribution in [3.8, 4) is 11.3 Å². The first kappa shape index (κ1) is 20.4. The van der Waals surface area contributed by atoms with Crippen molar-refractivity contribution in [1.82, 2.24) is 10.1 Å². The third-order valence-corrected chi connectivity index (χ3v) is 6.63. The summed E-state index contributed by atoms with van der Waals surface area (Å²) in [5.74, 6) is -0.851. The van der Waals surface area contributed by atoms with Crippen molar-refractivity contribution in [1.29, 1.82) is 0 Å². The van der Waals surface area contributed by atoms with Gasteiger partial charge in [-0.15, -0.1) is 11.3 Å². The number of hydrogen-bond donors (Lipinski definition) is 0. The average Bonchev–Trinajstić information content (AvgIpc) is 3.47. The van der Waals surface area contributed by atoms with E-state index in [0.29, 0.717) is 28.9 Å². The Labute approximate surface area is 188 Å². The quantitative estimate of drug-likeness (QED) is 0.424. The SMILES string of the molecule is Cc1cc(-c2cc(C(=O)OCC(=O)N3CCc4ccccc43)c3c(C)noc3n2)c(C)s1. The van der Waals surface area contributed by atoms with Gasteiger partial charge in [-0.05, 0) is 51.0 Å². The normalized spacial score (nSPS) is 12.9. The monoisotopic (exact) mass is 447 g/mol. The van der Waals surface area contributed by atoms with Gasteiger partial charge >= 0.3 is 5.97 Å². The molecule has 7 nitrogen and oxygen atoms in total. The number of esters is 1. The molecule has 0 spiro atoms. The van der Waals surface area contributed by atoms with Crippen LogP contribution in [0.25, 0.3) is 22.4 Å². The number of anilines is 1. The molecule has 4 aromatic rings. The first-order chi connectivity index (χ1) is 15.4. The molecule has 0 aliphatic carbocycles. The summed E-state index contributed by atoms with van der Waals surface area (Å²) in [5.41, 5.74) is 4.65. The van der Waals surface area contributed by atoms with E-state index in [1.54, 1.807) is 29.2 Å². The Morgan fingerprint density at radius 1 is 1.19 bits per heavy atom. The number of pyridine rings is 1. The number of aryl methyl sites for hydroxylation is 3. The number of ether oxygens (including phenoxy) is 1. The minimum Gasteiger partial charge on any atom is -0.452 e. The van der Waals surface area contributed by atoms with E-state index in [0.717, 1.165) is 33.0 Å². The number of aromatic nitrogens is 2. The summed E-state index contributed by atoms with van der Waals surface area (Å²) in [6, 6.07) is 11.5. The van der Waals surface area contributed by atoms with E-state index < -0.39 is 5.97 Å². The lowest BCUT2D eigenvalue weighted by Gasteiger charge is -2.17. The number of para-hydroxylation sites is 1. The number of rotatable bonds is 4. The van der Waals surface area contributed by atoms with Gasteiger partial charge < -0.3 is 14.2 Å². The van der Waals surface area contributed by atoms with Gasteiger partial charge in [-0.2, -0.15) is 0 Å². The van der Waals surface area contributed by atoms with Gasteiger partial charge in [0.25, 0.3) is 11.6 Å². The fraction of sp³-hybridized carbons (Fsp3) is 0.250. The van der Waals surface area contributed by atoms with Gasteiger partial charge in [0, 0.05) is 27.5 Å². The molecule has 0 bridgehead atoms. The zero-order valence-electron chi connectivity index (χ0n) is 18.0. The van der Waals surface area contributed by atoms with Crippen molar-refractivity contribution >= 4 is 40.0 Å². The Balaban J connectivity index is 1.42. The molecule has 162 valence electrons. The zero-order valence-corrected chi connectivity index (χ0v) is 18.8. The highest BCUT2D eigenvalue weighted by atomic mass is 32.1. The molecule has 1 aliphatic rings. The Morgan fingerprint density at radius 3 is 2.78 bits per heavy atom. The van der Waals surface area contributed by atoms with E-state index in [9.17, 15) is 9.59 Å². The number of benzene rings is 1. The molecule has 8 heteroatoms. The minimum atomic E-state index is -0.601. The molecule has 0 unspecified atom stereocenters. The fourth-order valence-electron chi connectivity index (χ4n) is 4.16. The molecule has 1 aromatic carbocycles. The smallest absolute Gasteiger partial charge is 0.339 e. The molecule has 3 aromatic heterocycles. The lowest BCUT2D eigenvalue weighted by molar-refractivity contribution is -0.121. The van der Waals surface area contributed by atoms with Crippen LogP contribution in [0.15, 0.2) is 40.9 Å². The summed E-state index contributed by atoms with van der Waals surface area (Å²) in [4.78, 5) is 34.3. The van der Waals surface area contributed by atoms with Crippen LogP contribution in [0.4, 0.5) is 5.69 Å². The lowest BCUT2D eigenvalue weighted by Crippen LogP contribution is -2.33. The third kappa shape index (κ3) is 3.46. The van der Waals surface area contributed by atoms with Crippen molar-refractivity contribution in [2.45, 2.75) is 27.2 Å². The van der Waals surface area contributed by atoms with Gasteiger partial charge in [0.05, 0.1) is 22.3 Å². The van der Waals surface area contributed by atoms with Gasteiger partial charge in [0.15, 0.2) is 6.61 Å². The summed E-state index contributed by atoms with van der Waals surface area (Å²) >= 11 is 1.66. The van der Waals surface area contributed by atoms with E-state index in [1.165, 1.54) is 0 Å². The highest BCUT2D eigenvalue weighted by molar-refractivity contribution is 7.12. The molecule has 5 rings (SSSR count). The van der Waals surface area contributed by atoms with Crippen LogP contribution in [0.3, 0.4) is 0 Å². The van der Waals surface area contributed by atoms with Crippen molar-refractivity contribution in [2.24, 2.45) is 0 Å². The van der Waals surface area contributed by atoms with Gasteiger partial charge in [-0.1, -0.05) is 23.4 Å². The largest absolute Gasteiger partial charge is 0.452 e. The van der Waals surface area contributed by atoms with E-state index >= 15 is 0 Å². The van der Waals surface area contributed by atoms with Crippen LogP contribution in [-0.4, -0.2) is 35.2 Å². The molecule has 32 heavy (non-hydrogen) atoms. The van der Waals surface area contributed by atoms with Crippen LogP contribution in [0, 0.1) is 20.8 Å². The Kier molecular flexibility index (Phi) is 5.01. The van der Waals surface area contributed by atoms with Crippen LogP contribution < -0.4 is 4.90 Å².